The van der Waals surface area contributed by atoms with Gasteiger partial charge in [0.15, 0.2) is 0 Å². The largest absolute Gasteiger partial charge is 0.351 e. The Morgan fingerprint density at radius 2 is 2.29 bits per heavy atom. The highest BCUT2D eigenvalue weighted by Gasteiger charge is 2.11. The van der Waals surface area contributed by atoms with Gasteiger partial charge in [-0.15, -0.1) is 11.3 Å². The van der Waals surface area contributed by atoms with Gasteiger partial charge >= 0.3 is 0 Å². The van der Waals surface area contributed by atoms with Crippen LogP contribution in [0.2, 0.25) is 0 Å². The fourth-order valence-electron chi connectivity index (χ4n) is 1.19. The molecule has 0 spiro atoms. The SMILES string of the molecule is CCc1ccsc1C(=O)NCC(C)C. The predicted molar refractivity (Wildman–Crippen MR) is 60.9 cm³/mol. The lowest BCUT2D eigenvalue weighted by Gasteiger charge is -2.07. The third-order valence-corrected chi connectivity index (χ3v) is 2.96. The van der Waals surface area contributed by atoms with Gasteiger partial charge in [0, 0.05) is 6.54 Å². The molecule has 78 valence electrons. The normalized spacial score (nSPS) is 10.6. The second kappa shape index (κ2) is 5.15. The lowest BCUT2D eigenvalue weighted by molar-refractivity contribution is 0.0952. The van der Waals surface area contributed by atoms with Gasteiger partial charge in [-0.25, -0.2) is 0 Å². The monoisotopic (exact) mass is 211 g/mol. The summed E-state index contributed by atoms with van der Waals surface area (Å²) in [7, 11) is 0. The van der Waals surface area contributed by atoms with Crippen LogP contribution in [0.4, 0.5) is 0 Å². The zero-order valence-electron chi connectivity index (χ0n) is 8.96. The number of hydrogen-bond acceptors (Lipinski definition) is 2. The maximum atomic E-state index is 11.7. The number of amides is 1. The van der Waals surface area contributed by atoms with Crippen LogP contribution in [-0.4, -0.2) is 12.5 Å². The predicted octanol–water partition coefficient (Wildman–Crippen LogP) is 2.70. The van der Waals surface area contributed by atoms with Crippen molar-refractivity contribution in [2.45, 2.75) is 27.2 Å². The third-order valence-electron chi connectivity index (χ3n) is 2.00. The van der Waals surface area contributed by atoms with Crippen LogP contribution in [0.25, 0.3) is 0 Å². The summed E-state index contributed by atoms with van der Waals surface area (Å²) in [6.45, 7) is 7.01. The minimum Gasteiger partial charge on any atom is -0.351 e. The molecule has 0 saturated heterocycles. The standard InChI is InChI=1S/C11H17NOS/c1-4-9-5-6-14-10(9)11(13)12-7-8(2)3/h5-6,8H,4,7H2,1-3H3,(H,12,13). The number of carbonyl (C=O) groups excluding carboxylic acids is 1. The Morgan fingerprint density at radius 1 is 1.57 bits per heavy atom. The minimum absolute atomic E-state index is 0.0746. The molecule has 1 aromatic heterocycles. The minimum atomic E-state index is 0.0746. The first-order valence-electron chi connectivity index (χ1n) is 4.99. The maximum Gasteiger partial charge on any atom is 0.261 e. The molecular weight excluding hydrogens is 194 g/mol. The number of carbonyl (C=O) groups is 1. The average molecular weight is 211 g/mol. The highest BCUT2D eigenvalue weighted by atomic mass is 32.1. The van der Waals surface area contributed by atoms with Crippen LogP contribution in [-0.2, 0) is 6.42 Å². The van der Waals surface area contributed by atoms with Gasteiger partial charge in [0.2, 0.25) is 0 Å². The average Bonchev–Trinajstić information content (AvgIpc) is 2.61. The number of rotatable bonds is 4. The molecule has 1 aromatic rings. The molecule has 0 bridgehead atoms. The van der Waals surface area contributed by atoms with Crippen molar-refractivity contribution in [3.05, 3.63) is 21.9 Å². The molecule has 1 rings (SSSR count). The fourth-order valence-corrected chi connectivity index (χ4v) is 2.10. The second-order valence-electron chi connectivity index (χ2n) is 3.73. The third kappa shape index (κ3) is 2.84. The molecule has 0 unspecified atom stereocenters. The van der Waals surface area contributed by atoms with Crippen molar-refractivity contribution in [3.8, 4) is 0 Å². The van der Waals surface area contributed by atoms with Crippen molar-refractivity contribution >= 4 is 17.2 Å². The van der Waals surface area contributed by atoms with Crippen molar-refractivity contribution in [1.82, 2.24) is 5.32 Å². The van der Waals surface area contributed by atoms with E-state index >= 15 is 0 Å². The summed E-state index contributed by atoms with van der Waals surface area (Å²) in [5, 5.41) is 4.91. The Kier molecular flexibility index (Phi) is 4.14. The fraction of sp³-hybridized carbons (Fsp3) is 0.545. The molecule has 1 amide bonds. The first-order valence-corrected chi connectivity index (χ1v) is 5.87. The molecule has 0 atom stereocenters. The molecule has 0 radical (unpaired) electrons. The van der Waals surface area contributed by atoms with Crippen molar-refractivity contribution in [2.24, 2.45) is 5.92 Å². The summed E-state index contributed by atoms with van der Waals surface area (Å²) in [5.41, 5.74) is 1.15. The molecule has 0 saturated carbocycles. The molecule has 0 aliphatic rings. The smallest absolute Gasteiger partial charge is 0.261 e. The molecule has 1 N–H and O–H groups in total. The second-order valence-corrected chi connectivity index (χ2v) is 4.65. The molecule has 1 heterocycles. The van der Waals surface area contributed by atoms with Gasteiger partial charge < -0.3 is 5.32 Å². The summed E-state index contributed by atoms with van der Waals surface area (Å²) < 4.78 is 0. The Balaban J connectivity index is 2.60. The van der Waals surface area contributed by atoms with E-state index in [1.54, 1.807) is 0 Å². The zero-order chi connectivity index (χ0) is 10.6. The number of aryl methyl sites for hydroxylation is 1. The Bertz CT molecular complexity index is 304. The van der Waals surface area contributed by atoms with E-state index in [1.165, 1.54) is 11.3 Å². The quantitative estimate of drug-likeness (QED) is 0.815. The van der Waals surface area contributed by atoms with Gasteiger partial charge in [-0.2, -0.15) is 0 Å². The first kappa shape index (κ1) is 11.2. The highest BCUT2D eigenvalue weighted by Crippen LogP contribution is 2.16. The van der Waals surface area contributed by atoms with Crippen LogP contribution in [0.15, 0.2) is 11.4 Å². The van der Waals surface area contributed by atoms with Crippen molar-refractivity contribution in [1.29, 1.82) is 0 Å². The van der Waals surface area contributed by atoms with Crippen LogP contribution in [0.1, 0.15) is 36.0 Å². The van der Waals surface area contributed by atoms with E-state index in [2.05, 4.69) is 26.1 Å². The number of nitrogens with one attached hydrogen (secondary N) is 1. The summed E-state index contributed by atoms with van der Waals surface area (Å²) >= 11 is 1.52. The lowest BCUT2D eigenvalue weighted by atomic mass is 10.2. The van der Waals surface area contributed by atoms with Gasteiger partial charge in [0.1, 0.15) is 0 Å². The molecule has 3 heteroatoms. The van der Waals surface area contributed by atoms with Crippen molar-refractivity contribution in [2.75, 3.05) is 6.54 Å². The van der Waals surface area contributed by atoms with E-state index in [1.807, 2.05) is 11.4 Å². The van der Waals surface area contributed by atoms with Crippen LogP contribution in [0, 0.1) is 5.92 Å². The Labute approximate surface area is 89.3 Å². The highest BCUT2D eigenvalue weighted by molar-refractivity contribution is 7.12. The molecule has 14 heavy (non-hydrogen) atoms. The summed E-state index contributed by atoms with van der Waals surface area (Å²) in [6.07, 6.45) is 0.925. The van der Waals surface area contributed by atoms with E-state index < -0.39 is 0 Å². The van der Waals surface area contributed by atoms with E-state index in [0.717, 1.165) is 23.4 Å². The maximum absolute atomic E-state index is 11.7. The molecular formula is C11H17NOS. The van der Waals surface area contributed by atoms with Crippen LogP contribution < -0.4 is 5.32 Å². The summed E-state index contributed by atoms with van der Waals surface area (Å²) in [6, 6.07) is 2.02. The zero-order valence-corrected chi connectivity index (χ0v) is 9.78. The van der Waals surface area contributed by atoms with Crippen LogP contribution >= 0.6 is 11.3 Å². The van der Waals surface area contributed by atoms with E-state index in [4.69, 9.17) is 0 Å². The van der Waals surface area contributed by atoms with Crippen LogP contribution in [0.5, 0.6) is 0 Å². The van der Waals surface area contributed by atoms with Gasteiger partial charge in [-0.3, -0.25) is 4.79 Å². The summed E-state index contributed by atoms with van der Waals surface area (Å²) in [5.74, 6) is 0.578. The van der Waals surface area contributed by atoms with E-state index in [9.17, 15) is 4.79 Å². The van der Waals surface area contributed by atoms with Gasteiger partial charge in [-0.1, -0.05) is 20.8 Å². The van der Waals surface area contributed by atoms with E-state index in [-0.39, 0.29) is 5.91 Å². The number of thiophene rings is 1. The van der Waals surface area contributed by atoms with Gasteiger partial charge in [0.25, 0.3) is 5.91 Å². The van der Waals surface area contributed by atoms with Crippen molar-refractivity contribution in [3.63, 3.8) is 0 Å². The lowest BCUT2D eigenvalue weighted by Crippen LogP contribution is -2.27. The van der Waals surface area contributed by atoms with E-state index in [0.29, 0.717) is 5.92 Å². The number of hydrogen-bond donors (Lipinski definition) is 1. The van der Waals surface area contributed by atoms with Crippen molar-refractivity contribution < 1.29 is 4.79 Å². The topological polar surface area (TPSA) is 29.1 Å². The first-order chi connectivity index (χ1) is 6.65. The van der Waals surface area contributed by atoms with Crippen LogP contribution in [0.3, 0.4) is 0 Å². The van der Waals surface area contributed by atoms with Gasteiger partial charge in [0.05, 0.1) is 4.88 Å². The molecule has 0 fully saturated rings. The van der Waals surface area contributed by atoms with Gasteiger partial charge in [-0.05, 0) is 29.3 Å². The molecule has 0 aliphatic heterocycles. The summed E-state index contributed by atoms with van der Waals surface area (Å²) in [4.78, 5) is 12.6. The Morgan fingerprint density at radius 3 is 2.86 bits per heavy atom. The molecule has 2 nitrogen and oxygen atoms in total. The Hall–Kier alpha value is -0.830. The molecule has 0 aliphatic carbocycles. The molecule has 0 aromatic carbocycles.